The minimum Gasteiger partial charge on any atom is -0.480 e. The minimum absolute atomic E-state index is 0.418. The highest BCUT2D eigenvalue weighted by Crippen LogP contribution is 2.30. The second-order valence-electron chi connectivity index (χ2n) is 6.38. The van der Waals surface area contributed by atoms with Crippen molar-refractivity contribution in [1.82, 2.24) is 15.1 Å². The Morgan fingerprint density at radius 1 is 0.893 bits per heavy atom. The summed E-state index contributed by atoms with van der Waals surface area (Å²) in [6.07, 6.45) is 3.23. The minimum atomic E-state index is 0.418. The fourth-order valence-corrected chi connectivity index (χ4v) is 3.25. The van der Waals surface area contributed by atoms with Gasteiger partial charge in [0.15, 0.2) is 5.76 Å². The monoisotopic (exact) mass is 368 g/mol. The number of nitrogens with one attached hydrogen (secondary N) is 1. The van der Waals surface area contributed by atoms with Gasteiger partial charge in [-0.05, 0) is 45.8 Å². The molecule has 0 fully saturated rings. The summed E-state index contributed by atoms with van der Waals surface area (Å²) in [6.45, 7) is 0. The Balaban J connectivity index is 1.50. The van der Waals surface area contributed by atoms with Gasteiger partial charge in [0.1, 0.15) is 5.56 Å². The van der Waals surface area contributed by atoms with Gasteiger partial charge in [0.2, 0.25) is 11.8 Å². The van der Waals surface area contributed by atoms with Crippen LogP contribution in [0.5, 0.6) is 5.88 Å². The van der Waals surface area contributed by atoms with Crippen LogP contribution in [-0.2, 0) is 0 Å². The third kappa shape index (κ3) is 2.91. The van der Waals surface area contributed by atoms with Crippen LogP contribution in [0.4, 0.5) is 11.6 Å². The van der Waals surface area contributed by atoms with Gasteiger partial charge in [-0.15, -0.1) is 0 Å². The summed E-state index contributed by atoms with van der Waals surface area (Å²) in [5, 5.41) is 11.7. The lowest BCUT2D eigenvalue weighted by molar-refractivity contribution is 0.392. The fourth-order valence-electron chi connectivity index (χ4n) is 3.25. The molecule has 0 radical (unpaired) electrons. The molecule has 0 amide bonds. The average molecular weight is 368 g/mol. The predicted molar refractivity (Wildman–Crippen MR) is 109 cm³/mol. The van der Waals surface area contributed by atoms with E-state index in [1.165, 1.54) is 16.2 Å². The molecule has 28 heavy (non-hydrogen) atoms. The zero-order valence-corrected chi connectivity index (χ0v) is 15.1. The summed E-state index contributed by atoms with van der Waals surface area (Å²) in [5.41, 5.74) is 1.55. The number of hydrogen-bond acceptors (Lipinski definition) is 6. The van der Waals surface area contributed by atoms with Crippen LogP contribution in [0.3, 0.4) is 0 Å². The molecular weight excluding hydrogens is 352 g/mol. The molecular formula is C22H16N4O2. The van der Waals surface area contributed by atoms with E-state index in [0.717, 1.165) is 11.1 Å². The SMILES string of the molecule is COc1nc(Nc2ccc3cc4ccccc4cc3c2)ncc1-c1ccno1. The number of methoxy groups -OCH3 is 1. The second-order valence-corrected chi connectivity index (χ2v) is 6.38. The van der Waals surface area contributed by atoms with Gasteiger partial charge in [-0.2, -0.15) is 4.98 Å². The van der Waals surface area contributed by atoms with E-state index in [0.29, 0.717) is 23.2 Å². The van der Waals surface area contributed by atoms with E-state index >= 15 is 0 Å². The summed E-state index contributed by atoms with van der Waals surface area (Å²) in [7, 11) is 1.56. The number of anilines is 2. The first-order valence-corrected chi connectivity index (χ1v) is 8.82. The van der Waals surface area contributed by atoms with Crippen molar-refractivity contribution in [2.75, 3.05) is 12.4 Å². The van der Waals surface area contributed by atoms with Gasteiger partial charge >= 0.3 is 0 Å². The van der Waals surface area contributed by atoms with Crippen LogP contribution in [0.2, 0.25) is 0 Å². The number of fused-ring (bicyclic) bond motifs is 2. The third-order valence-electron chi connectivity index (χ3n) is 4.61. The average Bonchev–Trinajstić information content (AvgIpc) is 3.27. The Bertz CT molecular complexity index is 1280. The van der Waals surface area contributed by atoms with Crippen LogP contribution in [0.25, 0.3) is 32.9 Å². The molecule has 0 unspecified atom stereocenters. The number of nitrogens with zero attached hydrogens (tertiary/aromatic N) is 3. The first kappa shape index (κ1) is 16.3. The molecule has 2 heterocycles. The van der Waals surface area contributed by atoms with Gasteiger partial charge in [-0.3, -0.25) is 0 Å². The van der Waals surface area contributed by atoms with Crippen molar-refractivity contribution in [3.8, 4) is 17.2 Å². The van der Waals surface area contributed by atoms with Gasteiger partial charge in [-0.1, -0.05) is 35.5 Å². The number of benzene rings is 3. The van der Waals surface area contributed by atoms with Gasteiger partial charge in [0, 0.05) is 18.0 Å². The Morgan fingerprint density at radius 3 is 2.43 bits per heavy atom. The van der Waals surface area contributed by atoms with E-state index in [1.807, 2.05) is 12.1 Å². The molecule has 3 aromatic carbocycles. The topological polar surface area (TPSA) is 73.1 Å². The fraction of sp³-hybridized carbons (Fsp3) is 0.0455. The van der Waals surface area contributed by atoms with Gasteiger partial charge in [-0.25, -0.2) is 4.98 Å². The molecule has 6 nitrogen and oxygen atoms in total. The lowest BCUT2D eigenvalue weighted by Gasteiger charge is -2.10. The van der Waals surface area contributed by atoms with Crippen molar-refractivity contribution < 1.29 is 9.26 Å². The number of aromatic nitrogens is 3. The second kappa shape index (κ2) is 6.66. The largest absolute Gasteiger partial charge is 0.480 e. The van der Waals surface area contributed by atoms with Crippen LogP contribution >= 0.6 is 0 Å². The van der Waals surface area contributed by atoms with Crippen molar-refractivity contribution in [3.63, 3.8) is 0 Å². The van der Waals surface area contributed by atoms with Crippen LogP contribution in [0.1, 0.15) is 0 Å². The van der Waals surface area contributed by atoms with E-state index in [-0.39, 0.29) is 0 Å². The zero-order valence-electron chi connectivity index (χ0n) is 15.1. The van der Waals surface area contributed by atoms with Crippen LogP contribution < -0.4 is 10.1 Å². The lowest BCUT2D eigenvalue weighted by atomic mass is 10.0. The van der Waals surface area contributed by atoms with Crippen LogP contribution in [-0.4, -0.2) is 22.2 Å². The number of rotatable bonds is 4. The molecule has 0 saturated heterocycles. The first-order chi connectivity index (χ1) is 13.8. The van der Waals surface area contributed by atoms with Crippen molar-refractivity contribution in [1.29, 1.82) is 0 Å². The Morgan fingerprint density at radius 2 is 1.68 bits per heavy atom. The van der Waals surface area contributed by atoms with Crippen molar-refractivity contribution in [2.45, 2.75) is 0 Å². The van der Waals surface area contributed by atoms with Gasteiger partial charge in [0.25, 0.3) is 0 Å². The molecule has 0 aliphatic heterocycles. The maximum absolute atomic E-state index is 5.39. The molecule has 0 saturated carbocycles. The quantitative estimate of drug-likeness (QED) is 0.440. The molecule has 0 bridgehead atoms. The lowest BCUT2D eigenvalue weighted by Crippen LogP contribution is -2.00. The first-order valence-electron chi connectivity index (χ1n) is 8.82. The zero-order chi connectivity index (χ0) is 18.9. The molecule has 0 atom stereocenters. The molecule has 1 N–H and O–H groups in total. The van der Waals surface area contributed by atoms with Crippen molar-refractivity contribution >= 4 is 33.2 Å². The highest BCUT2D eigenvalue weighted by Gasteiger charge is 2.13. The molecule has 5 aromatic rings. The molecule has 0 aliphatic carbocycles. The molecule has 0 aliphatic rings. The van der Waals surface area contributed by atoms with Crippen LogP contribution in [0, 0.1) is 0 Å². The van der Waals surface area contributed by atoms with E-state index < -0.39 is 0 Å². The molecule has 136 valence electrons. The van der Waals surface area contributed by atoms with Crippen LogP contribution in [0.15, 0.2) is 77.6 Å². The van der Waals surface area contributed by atoms with E-state index in [9.17, 15) is 0 Å². The van der Waals surface area contributed by atoms with E-state index in [4.69, 9.17) is 9.26 Å². The summed E-state index contributed by atoms with van der Waals surface area (Å²) >= 11 is 0. The molecule has 6 heteroatoms. The summed E-state index contributed by atoms with van der Waals surface area (Å²) in [5.74, 6) is 1.42. The Labute approximate surface area is 160 Å². The number of ether oxygens (including phenoxy) is 1. The van der Waals surface area contributed by atoms with E-state index in [2.05, 4.69) is 62.9 Å². The Kier molecular flexibility index (Phi) is 3.87. The molecule has 2 aromatic heterocycles. The number of hydrogen-bond donors (Lipinski definition) is 1. The van der Waals surface area contributed by atoms with Gasteiger partial charge in [0.05, 0.1) is 13.3 Å². The predicted octanol–water partition coefficient (Wildman–Crippen LogP) is 5.19. The maximum Gasteiger partial charge on any atom is 0.230 e. The summed E-state index contributed by atoms with van der Waals surface area (Å²) in [4.78, 5) is 8.82. The Hall–Kier alpha value is -3.93. The smallest absolute Gasteiger partial charge is 0.230 e. The highest BCUT2D eigenvalue weighted by molar-refractivity contribution is 5.99. The van der Waals surface area contributed by atoms with Gasteiger partial charge < -0.3 is 14.6 Å². The molecule has 5 rings (SSSR count). The highest BCUT2D eigenvalue weighted by atomic mass is 16.5. The summed E-state index contributed by atoms with van der Waals surface area (Å²) in [6, 6.07) is 20.6. The van der Waals surface area contributed by atoms with Crippen molar-refractivity contribution in [2.24, 2.45) is 0 Å². The van der Waals surface area contributed by atoms with E-state index in [1.54, 1.807) is 25.6 Å². The van der Waals surface area contributed by atoms with Crippen molar-refractivity contribution in [3.05, 3.63) is 73.1 Å². The normalized spacial score (nSPS) is 11.0. The standard InChI is InChI=1S/C22H16N4O2/c1-27-21-19(20-8-9-24-28-20)13-23-22(26-21)25-18-7-6-16-10-14-4-2-3-5-15(14)11-17(16)12-18/h2-13H,1H3,(H,23,25,26). The maximum atomic E-state index is 5.39. The molecule has 0 spiro atoms. The summed E-state index contributed by atoms with van der Waals surface area (Å²) < 4.78 is 10.6. The third-order valence-corrected chi connectivity index (χ3v) is 4.61.